The van der Waals surface area contributed by atoms with Crippen molar-refractivity contribution in [3.63, 3.8) is 0 Å². The Balaban J connectivity index is 1.15. The molecule has 2 amide bonds. The Bertz CT molecular complexity index is 913. The first-order chi connectivity index (χ1) is 15.1. The molecule has 7 nitrogen and oxygen atoms in total. The first-order valence-electron chi connectivity index (χ1n) is 11.6. The van der Waals surface area contributed by atoms with Crippen LogP contribution in [0.2, 0.25) is 0 Å². The molecular formula is C24H32N4O3. The highest BCUT2D eigenvalue weighted by Crippen LogP contribution is 2.42. The maximum Gasteiger partial charge on any atom is 0.317 e. The maximum atomic E-state index is 12.6. The number of nitrogens with one attached hydrogen (secondary N) is 1. The van der Waals surface area contributed by atoms with Crippen molar-refractivity contribution in [1.82, 2.24) is 19.8 Å². The number of amides is 2. The van der Waals surface area contributed by atoms with Crippen molar-refractivity contribution in [2.75, 3.05) is 13.1 Å². The molecule has 1 saturated carbocycles. The minimum absolute atomic E-state index is 0.00195. The smallest absolute Gasteiger partial charge is 0.317 e. The van der Waals surface area contributed by atoms with Gasteiger partial charge in [-0.2, -0.15) is 0 Å². The molecule has 0 bridgehead atoms. The minimum atomic E-state index is -0.406. The van der Waals surface area contributed by atoms with Gasteiger partial charge in [0.05, 0.1) is 36.5 Å². The number of benzene rings is 1. The summed E-state index contributed by atoms with van der Waals surface area (Å²) in [5.41, 5.74) is 3.59. The van der Waals surface area contributed by atoms with Crippen molar-refractivity contribution in [3.8, 4) is 11.3 Å². The zero-order valence-corrected chi connectivity index (χ0v) is 17.9. The summed E-state index contributed by atoms with van der Waals surface area (Å²) in [6.45, 7) is 1.36. The average Bonchev–Trinajstić information content (AvgIpc) is 3.38. The summed E-state index contributed by atoms with van der Waals surface area (Å²) in [5, 5.41) is 23.8. The summed E-state index contributed by atoms with van der Waals surface area (Å²) in [7, 11) is 0. The normalized spacial score (nSPS) is 26.9. The van der Waals surface area contributed by atoms with Crippen LogP contribution in [0.4, 0.5) is 4.79 Å². The van der Waals surface area contributed by atoms with Crippen LogP contribution < -0.4 is 5.32 Å². The summed E-state index contributed by atoms with van der Waals surface area (Å²) < 4.78 is 2.18. The first kappa shape index (κ1) is 20.5. The molecular weight excluding hydrogens is 392 g/mol. The standard InChI is InChI=1S/C24H32N4O3/c29-18-7-5-17(6-8-18)26-24(31)27-11-9-16(10-12-27)23(30)13-21-19-3-1-2-4-20(19)22-14-25-15-28(21)22/h1-4,14-18,21,23,29-30H,5-13H2,(H,26,31)/t17-,18-,21-,23+/m0/s1. The zero-order chi connectivity index (χ0) is 21.4. The number of urea groups is 1. The minimum Gasteiger partial charge on any atom is -0.393 e. The van der Waals surface area contributed by atoms with Crippen LogP contribution in [0, 0.1) is 5.92 Å². The van der Waals surface area contributed by atoms with Gasteiger partial charge in [0.25, 0.3) is 0 Å². The molecule has 0 radical (unpaired) electrons. The molecule has 2 aromatic rings. The lowest BCUT2D eigenvalue weighted by atomic mass is 9.86. The van der Waals surface area contributed by atoms with Crippen molar-refractivity contribution in [1.29, 1.82) is 0 Å². The van der Waals surface area contributed by atoms with E-state index in [0.717, 1.165) is 44.2 Å². The topological polar surface area (TPSA) is 90.6 Å². The quantitative estimate of drug-likeness (QED) is 0.704. The Kier molecular flexibility index (Phi) is 5.71. The SMILES string of the molecule is O=C(N[C@H]1CC[C@H](O)CC1)N1CCC([C@H](O)C[C@H]2c3ccccc3-c3cncn32)CC1. The largest absolute Gasteiger partial charge is 0.393 e. The molecule has 1 aliphatic carbocycles. The highest BCUT2D eigenvalue weighted by Gasteiger charge is 2.34. The molecule has 2 fully saturated rings. The molecule has 0 spiro atoms. The van der Waals surface area contributed by atoms with E-state index in [2.05, 4.69) is 33.1 Å². The second kappa shape index (κ2) is 8.63. The molecule has 7 heteroatoms. The highest BCUT2D eigenvalue weighted by atomic mass is 16.3. The maximum absolute atomic E-state index is 12.6. The molecule has 2 atom stereocenters. The van der Waals surface area contributed by atoms with Crippen molar-refractivity contribution in [3.05, 3.63) is 42.4 Å². The van der Waals surface area contributed by atoms with Gasteiger partial charge in [0.15, 0.2) is 0 Å². The average molecular weight is 425 g/mol. The Morgan fingerprint density at radius 2 is 1.87 bits per heavy atom. The van der Waals surface area contributed by atoms with Crippen LogP contribution in [0.15, 0.2) is 36.8 Å². The number of imidazole rings is 1. The number of fused-ring (bicyclic) bond motifs is 3. The van der Waals surface area contributed by atoms with Crippen molar-refractivity contribution in [2.45, 2.75) is 69.2 Å². The van der Waals surface area contributed by atoms with Crippen molar-refractivity contribution >= 4 is 6.03 Å². The monoisotopic (exact) mass is 424 g/mol. The van der Waals surface area contributed by atoms with Gasteiger partial charge in [0.1, 0.15) is 0 Å². The Hall–Kier alpha value is -2.38. The number of aliphatic hydroxyl groups is 2. The van der Waals surface area contributed by atoms with Crippen LogP contribution >= 0.6 is 0 Å². The van der Waals surface area contributed by atoms with Crippen LogP contribution in [0.3, 0.4) is 0 Å². The van der Waals surface area contributed by atoms with Gasteiger partial charge in [-0.15, -0.1) is 0 Å². The molecule has 3 heterocycles. The Morgan fingerprint density at radius 1 is 1.13 bits per heavy atom. The molecule has 1 aromatic carbocycles. The molecule has 2 aliphatic heterocycles. The fourth-order valence-corrected chi connectivity index (χ4v) is 5.57. The van der Waals surface area contributed by atoms with Gasteiger partial charge in [-0.3, -0.25) is 0 Å². The molecule has 0 unspecified atom stereocenters. The van der Waals surface area contributed by atoms with E-state index in [0.29, 0.717) is 19.5 Å². The van der Waals surface area contributed by atoms with Gasteiger partial charge >= 0.3 is 6.03 Å². The number of piperidine rings is 1. The van der Waals surface area contributed by atoms with Gasteiger partial charge in [0.2, 0.25) is 0 Å². The van der Waals surface area contributed by atoms with E-state index in [1.165, 1.54) is 11.1 Å². The van der Waals surface area contributed by atoms with Crippen LogP contribution in [-0.2, 0) is 0 Å². The lowest BCUT2D eigenvalue weighted by molar-refractivity contribution is 0.0529. The number of nitrogens with zero attached hydrogens (tertiary/aromatic N) is 3. The van der Waals surface area contributed by atoms with Gasteiger partial charge in [-0.1, -0.05) is 24.3 Å². The second-order valence-corrected chi connectivity index (χ2v) is 9.37. The Labute approximate surface area is 183 Å². The molecule has 3 aliphatic rings. The van der Waals surface area contributed by atoms with E-state index in [1.54, 1.807) is 0 Å². The summed E-state index contributed by atoms with van der Waals surface area (Å²) >= 11 is 0. The van der Waals surface area contributed by atoms with Crippen LogP contribution in [0.25, 0.3) is 11.3 Å². The summed E-state index contributed by atoms with van der Waals surface area (Å²) in [5.74, 6) is 0.202. The number of aromatic nitrogens is 2. The summed E-state index contributed by atoms with van der Waals surface area (Å²) in [4.78, 5) is 18.8. The van der Waals surface area contributed by atoms with Crippen molar-refractivity contribution < 1.29 is 15.0 Å². The number of hydrogen-bond acceptors (Lipinski definition) is 4. The van der Waals surface area contributed by atoms with Gasteiger partial charge < -0.3 is 25.0 Å². The predicted octanol–water partition coefficient (Wildman–Crippen LogP) is 2.93. The van der Waals surface area contributed by atoms with Crippen molar-refractivity contribution in [2.24, 2.45) is 5.92 Å². The van der Waals surface area contributed by atoms with E-state index in [9.17, 15) is 15.0 Å². The zero-order valence-electron chi connectivity index (χ0n) is 17.9. The number of aliphatic hydroxyl groups excluding tert-OH is 2. The predicted molar refractivity (Wildman–Crippen MR) is 118 cm³/mol. The number of carbonyl (C=O) groups excluding carboxylic acids is 1. The van der Waals surface area contributed by atoms with E-state index < -0.39 is 6.10 Å². The third-order valence-corrected chi connectivity index (χ3v) is 7.46. The second-order valence-electron chi connectivity index (χ2n) is 9.37. The lowest BCUT2D eigenvalue weighted by Crippen LogP contribution is -2.49. The highest BCUT2D eigenvalue weighted by molar-refractivity contribution is 5.74. The Morgan fingerprint density at radius 3 is 2.65 bits per heavy atom. The van der Waals surface area contributed by atoms with Crippen LogP contribution in [-0.4, -0.2) is 62.0 Å². The van der Waals surface area contributed by atoms with E-state index in [4.69, 9.17) is 0 Å². The summed E-state index contributed by atoms with van der Waals surface area (Å²) in [6.07, 6.45) is 8.69. The van der Waals surface area contributed by atoms with E-state index >= 15 is 0 Å². The molecule has 3 N–H and O–H groups in total. The number of hydrogen-bond donors (Lipinski definition) is 3. The van der Waals surface area contributed by atoms with Crippen LogP contribution in [0.5, 0.6) is 0 Å². The fraction of sp³-hybridized carbons (Fsp3) is 0.583. The van der Waals surface area contributed by atoms with Gasteiger partial charge in [0, 0.05) is 24.7 Å². The fourth-order valence-electron chi connectivity index (χ4n) is 5.57. The summed E-state index contributed by atoms with van der Waals surface area (Å²) in [6, 6.07) is 8.67. The molecule has 1 saturated heterocycles. The third kappa shape index (κ3) is 4.08. The van der Waals surface area contributed by atoms with Gasteiger partial charge in [-0.05, 0) is 56.4 Å². The third-order valence-electron chi connectivity index (χ3n) is 7.46. The number of rotatable bonds is 4. The molecule has 1 aromatic heterocycles. The molecule has 31 heavy (non-hydrogen) atoms. The van der Waals surface area contributed by atoms with Crippen LogP contribution in [0.1, 0.15) is 56.6 Å². The first-order valence-corrected chi connectivity index (χ1v) is 11.6. The van der Waals surface area contributed by atoms with E-state index in [-0.39, 0.29) is 30.1 Å². The van der Waals surface area contributed by atoms with Gasteiger partial charge in [-0.25, -0.2) is 9.78 Å². The van der Waals surface area contributed by atoms with E-state index in [1.807, 2.05) is 23.5 Å². The lowest BCUT2D eigenvalue weighted by Gasteiger charge is -2.36. The number of carbonyl (C=O) groups is 1. The molecule has 5 rings (SSSR count). The number of likely N-dealkylation sites (tertiary alicyclic amines) is 1. The molecule has 166 valence electrons.